The van der Waals surface area contributed by atoms with E-state index < -0.39 is 11.7 Å². The summed E-state index contributed by atoms with van der Waals surface area (Å²) in [7, 11) is 1.59. The van der Waals surface area contributed by atoms with Crippen LogP contribution in [-0.4, -0.2) is 24.9 Å². The maximum Gasteiger partial charge on any atom is 0.416 e. The predicted molar refractivity (Wildman–Crippen MR) is 98.8 cm³/mol. The number of ether oxygens (including phenoxy) is 2. The van der Waals surface area contributed by atoms with Gasteiger partial charge in [-0.05, 0) is 67.7 Å². The van der Waals surface area contributed by atoms with Gasteiger partial charge in [-0.15, -0.1) is 0 Å². The molecule has 26 heavy (non-hydrogen) atoms. The summed E-state index contributed by atoms with van der Waals surface area (Å²) in [5, 5.41) is 6.16. The average Bonchev–Trinajstić information content (AvgIpc) is 2.60. The molecule has 140 valence electrons. The molecule has 0 aliphatic rings. The lowest BCUT2D eigenvalue weighted by Gasteiger charge is -2.18. The van der Waals surface area contributed by atoms with Gasteiger partial charge in [0.15, 0.2) is 5.11 Å². The van der Waals surface area contributed by atoms with Crippen LogP contribution in [0, 0.1) is 0 Å². The molecule has 0 aliphatic carbocycles. The number of halogens is 3. The molecule has 2 N–H and O–H groups in total. The first-order chi connectivity index (χ1) is 12.3. The fraction of sp³-hybridized carbons (Fsp3) is 0.278. The summed E-state index contributed by atoms with van der Waals surface area (Å²) in [5.41, 5.74) is -0.234. The molecule has 0 radical (unpaired) electrons. The zero-order chi connectivity index (χ0) is 19.2. The largest absolute Gasteiger partial charge is 0.497 e. The number of rotatable bonds is 6. The summed E-state index contributed by atoms with van der Waals surface area (Å²) in [6.07, 6.45) is -4.36. The smallest absolute Gasteiger partial charge is 0.416 e. The Labute approximate surface area is 155 Å². The second-order valence-electron chi connectivity index (χ2n) is 5.56. The molecule has 0 fully saturated rings. The Morgan fingerprint density at radius 1 is 1.04 bits per heavy atom. The second-order valence-corrected chi connectivity index (χ2v) is 5.97. The molecule has 0 amide bonds. The van der Waals surface area contributed by atoms with Crippen molar-refractivity contribution in [3.05, 3.63) is 54.1 Å². The third kappa shape index (κ3) is 6.11. The van der Waals surface area contributed by atoms with Crippen molar-refractivity contribution in [2.45, 2.75) is 19.1 Å². The maximum atomic E-state index is 12.5. The van der Waals surface area contributed by atoms with Crippen molar-refractivity contribution in [2.75, 3.05) is 19.0 Å². The molecule has 2 aromatic rings. The Balaban J connectivity index is 1.79. The van der Waals surface area contributed by atoms with Crippen molar-refractivity contribution in [1.29, 1.82) is 0 Å². The Morgan fingerprint density at radius 3 is 2.15 bits per heavy atom. The molecule has 2 rings (SSSR count). The van der Waals surface area contributed by atoms with E-state index in [1.54, 1.807) is 31.4 Å². The molecule has 0 saturated carbocycles. The standard InChI is InChI=1S/C18H19F3N2O2S/c1-12(11-25-16-9-7-15(24-2)8-10-16)22-17(26)23-14-5-3-13(4-6-14)18(19,20)21/h3-10,12H,11H2,1-2H3,(H2,22,23,26)/t12-/m1/s1. The van der Waals surface area contributed by atoms with E-state index in [0.717, 1.165) is 17.9 Å². The molecule has 1 atom stereocenters. The van der Waals surface area contributed by atoms with Crippen LogP contribution in [0.2, 0.25) is 0 Å². The number of thiocarbonyl (C=S) groups is 1. The van der Waals surface area contributed by atoms with Gasteiger partial charge < -0.3 is 20.1 Å². The average molecular weight is 384 g/mol. The van der Waals surface area contributed by atoms with E-state index in [-0.39, 0.29) is 6.04 Å². The summed E-state index contributed by atoms with van der Waals surface area (Å²) in [4.78, 5) is 0. The molecular weight excluding hydrogens is 365 g/mol. The van der Waals surface area contributed by atoms with Crippen molar-refractivity contribution in [2.24, 2.45) is 0 Å². The molecule has 8 heteroatoms. The van der Waals surface area contributed by atoms with Crippen LogP contribution in [0.15, 0.2) is 48.5 Å². The van der Waals surface area contributed by atoms with Crippen LogP contribution in [0.25, 0.3) is 0 Å². The minimum absolute atomic E-state index is 0.105. The number of benzene rings is 2. The van der Waals surface area contributed by atoms with E-state index in [1.807, 2.05) is 6.92 Å². The van der Waals surface area contributed by atoms with Gasteiger partial charge in [0.1, 0.15) is 18.1 Å². The fourth-order valence-electron chi connectivity index (χ4n) is 2.07. The first-order valence-corrected chi connectivity index (χ1v) is 8.20. The zero-order valence-corrected chi connectivity index (χ0v) is 15.1. The Morgan fingerprint density at radius 2 is 1.62 bits per heavy atom. The van der Waals surface area contributed by atoms with Crippen LogP contribution in [0.4, 0.5) is 18.9 Å². The van der Waals surface area contributed by atoms with Crippen LogP contribution in [0.3, 0.4) is 0 Å². The number of alkyl halides is 3. The molecule has 0 heterocycles. The van der Waals surface area contributed by atoms with Crippen LogP contribution in [0.1, 0.15) is 12.5 Å². The highest BCUT2D eigenvalue weighted by atomic mass is 32.1. The van der Waals surface area contributed by atoms with E-state index in [0.29, 0.717) is 23.2 Å². The molecule has 2 aromatic carbocycles. The minimum atomic E-state index is -4.36. The van der Waals surface area contributed by atoms with E-state index >= 15 is 0 Å². The number of anilines is 1. The molecule has 0 aliphatic heterocycles. The van der Waals surface area contributed by atoms with Gasteiger partial charge in [0, 0.05) is 5.69 Å². The number of hydrogen-bond donors (Lipinski definition) is 2. The van der Waals surface area contributed by atoms with E-state index in [2.05, 4.69) is 10.6 Å². The highest BCUT2D eigenvalue weighted by Gasteiger charge is 2.29. The molecule has 4 nitrogen and oxygen atoms in total. The zero-order valence-electron chi connectivity index (χ0n) is 14.3. The lowest BCUT2D eigenvalue weighted by atomic mass is 10.2. The summed E-state index contributed by atoms with van der Waals surface area (Å²) in [6, 6.07) is 11.7. The number of hydrogen-bond acceptors (Lipinski definition) is 3. The van der Waals surface area contributed by atoms with Crippen molar-refractivity contribution >= 4 is 23.0 Å². The van der Waals surface area contributed by atoms with Crippen LogP contribution in [-0.2, 0) is 6.18 Å². The van der Waals surface area contributed by atoms with Crippen molar-refractivity contribution < 1.29 is 22.6 Å². The predicted octanol–water partition coefficient (Wildman–Crippen LogP) is 4.47. The Kier molecular flexibility index (Phi) is 6.68. The highest BCUT2D eigenvalue weighted by molar-refractivity contribution is 7.80. The van der Waals surface area contributed by atoms with Crippen molar-refractivity contribution in [3.8, 4) is 11.5 Å². The van der Waals surface area contributed by atoms with Gasteiger partial charge in [-0.25, -0.2) is 0 Å². The minimum Gasteiger partial charge on any atom is -0.497 e. The lowest BCUT2D eigenvalue weighted by Crippen LogP contribution is -2.39. The lowest BCUT2D eigenvalue weighted by molar-refractivity contribution is -0.137. The van der Waals surface area contributed by atoms with E-state index in [9.17, 15) is 13.2 Å². The first kappa shape index (κ1) is 19.8. The molecule has 0 aromatic heterocycles. The molecule has 0 unspecified atom stereocenters. The first-order valence-electron chi connectivity index (χ1n) is 7.79. The van der Waals surface area contributed by atoms with Gasteiger partial charge >= 0.3 is 6.18 Å². The van der Waals surface area contributed by atoms with Crippen molar-refractivity contribution in [3.63, 3.8) is 0 Å². The maximum absolute atomic E-state index is 12.5. The van der Waals surface area contributed by atoms with Gasteiger partial charge in [-0.1, -0.05) is 0 Å². The summed E-state index contributed by atoms with van der Waals surface area (Å²) >= 11 is 5.17. The van der Waals surface area contributed by atoms with Crippen molar-refractivity contribution in [1.82, 2.24) is 5.32 Å². The van der Waals surface area contributed by atoms with E-state index in [1.165, 1.54) is 12.1 Å². The highest BCUT2D eigenvalue weighted by Crippen LogP contribution is 2.29. The molecule has 0 saturated heterocycles. The van der Waals surface area contributed by atoms with Gasteiger partial charge in [-0.3, -0.25) is 0 Å². The van der Waals surface area contributed by atoms with Crippen LogP contribution >= 0.6 is 12.2 Å². The van der Waals surface area contributed by atoms with Gasteiger partial charge in [-0.2, -0.15) is 13.2 Å². The quantitative estimate of drug-likeness (QED) is 0.720. The Bertz CT molecular complexity index is 719. The summed E-state index contributed by atoms with van der Waals surface area (Å²) in [6.45, 7) is 2.24. The summed E-state index contributed by atoms with van der Waals surface area (Å²) < 4.78 is 48.3. The monoisotopic (exact) mass is 384 g/mol. The molecule has 0 bridgehead atoms. The second kappa shape index (κ2) is 8.75. The molecular formula is C18H19F3N2O2S. The van der Waals surface area contributed by atoms with Gasteiger partial charge in [0.2, 0.25) is 0 Å². The van der Waals surface area contributed by atoms with E-state index in [4.69, 9.17) is 21.7 Å². The SMILES string of the molecule is COc1ccc(OC[C@@H](C)NC(=S)Nc2ccc(C(F)(F)F)cc2)cc1. The van der Waals surface area contributed by atoms with Crippen LogP contribution in [0.5, 0.6) is 11.5 Å². The number of methoxy groups -OCH3 is 1. The normalized spacial score (nSPS) is 12.2. The Hall–Kier alpha value is -2.48. The third-order valence-corrected chi connectivity index (χ3v) is 3.63. The van der Waals surface area contributed by atoms with Gasteiger partial charge in [0.25, 0.3) is 0 Å². The number of nitrogens with one attached hydrogen (secondary N) is 2. The molecule has 0 spiro atoms. The fourth-order valence-corrected chi connectivity index (χ4v) is 2.39. The van der Waals surface area contributed by atoms with Crippen LogP contribution < -0.4 is 20.1 Å². The van der Waals surface area contributed by atoms with Gasteiger partial charge in [0.05, 0.1) is 18.7 Å². The summed E-state index contributed by atoms with van der Waals surface area (Å²) in [5.74, 6) is 1.44. The topological polar surface area (TPSA) is 42.5 Å². The third-order valence-electron chi connectivity index (χ3n) is 3.41.